The summed E-state index contributed by atoms with van der Waals surface area (Å²) in [5.74, 6) is 0.812. The van der Waals surface area contributed by atoms with E-state index in [0.29, 0.717) is 29.8 Å². The molecule has 0 aliphatic carbocycles. The molecule has 0 amide bonds. The summed E-state index contributed by atoms with van der Waals surface area (Å²) >= 11 is 11.6. The molecule has 0 saturated heterocycles. The van der Waals surface area contributed by atoms with Gasteiger partial charge < -0.3 is 9.47 Å². The molecular weight excluding hydrogens is 261 g/mol. The van der Waals surface area contributed by atoms with Crippen LogP contribution in [0, 0.1) is 0 Å². The lowest BCUT2D eigenvalue weighted by Crippen LogP contribution is -2.08. The Hall–Kier alpha value is -0.510. The Morgan fingerprint density at radius 1 is 1.24 bits per heavy atom. The maximum atomic E-state index is 5.89. The minimum atomic E-state index is 0.281. The molecule has 96 valence electrons. The molecule has 1 heterocycles. The van der Waals surface area contributed by atoms with E-state index in [9.17, 15) is 0 Å². The van der Waals surface area contributed by atoms with Gasteiger partial charge in [-0.1, -0.05) is 24.9 Å². The normalized spacial score (nSPS) is 10.5. The second-order valence-corrected chi connectivity index (χ2v) is 4.20. The van der Waals surface area contributed by atoms with E-state index < -0.39 is 0 Å². The summed E-state index contributed by atoms with van der Waals surface area (Å²) in [6, 6.07) is 3.46. The number of hydrogen-bond acceptors (Lipinski definition) is 3. The molecule has 0 aliphatic rings. The first-order valence-electron chi connectivity index (χ1n) is 5.69. The van der Waals surface area contributed by atoms with E-state index in [1.807, 2.05) is 0 Å². The standard InChI is InChI=1S/C12H17Cl2NO2/c1-2-3-6-16-7-8-17-12-5-4-10(14)11(9-13)15-12/h4-5H,2-3,6-9H2,1H3. The van der Waals surface area contributed by atoms with Gasteiger partial charge in [-0.15, -0.1) is 11.6 Å². The Kier molecular flexibility index (Phi) is 7.33. The number of rotatable bonds is 8. The maximum Gasteiger partial charge on any atom is 0.213 e. The number of pyridine rings is 1. The Labute approximate surface area is 112 Å². The molecule has 0 bridgehead atoms. The van der Waals surface area contributed by atoms with Crippen LogP contribution in [0.4, 0.5) is 0 Å². The van der Waals surface area contributed by atoms with Gasteiger partial charge in [0.1, 0.15) is 6.61 Å². The van der Waals surface area contributed by atoms with Gasteiger partial charge in [-0.25, -0.2) is 4.98 Å². The van der Waals surface area contributed by atoms with E-state index in [1.165, 1.54) is 0 Å². The Morgan fingerprint density at radius 2 is 2.06 bits per heavy atom. The smallest absolute Gasteiger partial charge is 0.213 e. The average molecular weight is 278 g/mol. The molecule has 0 aliphatic heterocycles. The van der Waals surface area contributed by atoms with Gasteiger partial charge in [-0.3, -0.25) is 0 Å². The van der Waals surface area contributed by atoms with Crippen molar-refractivity contribution in [3.05, 3.63) is 22.8 Å². The zero-order valence-corrected chi connectivity index (χ0v) is 11.4. The van der Waals surface area contributed by atoms with Gasteiger partial charge in [-0.05, 0) is 12.5 Å². The fourth-order valence-electron chi connectivity index (χ4n) is 1.19. The number of hydrogen-bond donors (Lipinski definition) is 0. The van der Waals surface area contributed by atoms with Crippen molar-refractivity contribution < 1.29 is 9.47 Å². The lowest BCUT2D eigenvalue weighted by atomic mass is 10.4. The fraction of sp³-hybridized carbons (Fsp3) is 0.583. The Morgan fingerprint density at radius 3 is 2.76 bits per heavy atom. The van der Waals surface area contributed by atoms with E-state index in [2.05, 4.69) is 11.9 Å². The summed E-state index contributed by atoms with van der Waals surface area (Å²) in [4.78, 5) is 4.18. The van der Waals surface area contributed by atoms with E-state index in [4.69, 9.17) is 32.7 Å². The molecule has 1 aromatic heterocycles. The summed E-state index contributed by atoms with van der Waals surface area (Å²) in [5.41, 5.74) is 0.637. The van der Waals surface area contributed by atoms with E-state index in [0.717, 1.165) is 19.4 Å². The van der Waals surface area contributed by atoms with Crippen molar-refractivity contribution in [2.45, 2.75) is 25.6 Å². The molecule has 0 spiro atoms. The molecule has 1 aromatic rings. The summed E-state index contributed by atoms with van der Waals surface area (Å²) in [5, 5.41) is 0.562. The second kappa shape index (κ2) is 8.56. The van der Waals surface area contributed by atoms with Crippen LogP contribution in [0.2, 0.25) is 5.02 Å². The van der Waals surface area contributed by atoms with Gasteiger partial charge in [0.25, 0.3) is 0 Å². The third kappa shape index (κ3) is 5.57. The molecular formula is C12H17Cl2NO2. The first-order chi connectivity index (χ1) is 8.27. The predicted octanol–water partition coefficient (Wildman–Crippen LogP) is 3.67. The monoisotopic (exact) mass is 277 g/mol. The van der Waals surface area contributed by atoms with Crippen LogP contribution in [0.3, 0.4) is 0 Å². The molecule has 0 aromatic carbocycles. The fourth-order valence-corrected chi connectivity index (χ4v) is 1.64. The topological polar surface area (TPSA) is 31.4 Å². The number of ether oxygens (including phenoxy) is 2. The third-order valence-corrected chi connectivity index (χ3v) is 2.74. The van der Waals surface area contributed by atoms with Crippen LogP contribution >= 0.6 is 23.2 Å². The van der Waals surface area contributed by atoms with Crippen LogP contribution in [-0.4, -0.2) is 24.8 Å². The zero-order chi connectivity index (χ0) is 12.5. The number of aromatic nitrogens is 1. The second-order valence-electron chi connectivity index (χ2n) is 3.53. The summed E-state index contributed by atoms with van der Waals surface area (Å²) in [6.07, 6.45) is 2.22. The molecule has 0 radical (unpaired) electrons. The lowest BCUT2D eigenvalue weighted by molar-refractivity contribution is 0.0964. The summed E-state index contributed by atoms with van der Waals surface area (Å²) in [6.45, 7) is 3.96. The predicted molar refractivity (Wildman–Crippen MR) is 70.0 cm³/mol. The van der Waals surface area contributed by atoms with Gasteiger partial charge >= 0.3 is 0 Å². The van der Waals surface area contributed by atoms with Gasteiger partial charge in [0.05, 0.1) is 23.2 Å². The number of unbranched alkanes of at least 4 members (excludes halogenated alkanes) is 1. The molecule has 1 rings (SSSR count). The van der Waals surface area contributed by atoms with Crippen molar-refractivity contribution in [1.29, 1.82) is 0 Å². The molecule has 5 heteroatoms. The largest absolute Gasteiger partial charge is 0.475 e. The highest BCUT2D eigenvalue weighted by Crippen LogP contribution is 2.19. The Bertz CT molecular complexity index is 334. The van der Waals surface area contributed by atoms with Crippen LogP contribution < -0.4 is 4.74 Å². The van der Waals surface area contributed by atoms with Crippen molar-refractivity contribution >= 4 is 23.2 Å². The number of alkyl halides is 1. The third-order valence-electron chi connectivity index (χ3n) is 2.14. The van der Waals surface area contributed by atoms with Crippen molar-refractivity contribution in [2.75, 3.05) is 19.8 Å². The van der Waals surface area contributed by atoms with Gasteiger partial charge in [-0.2, -0.15) is 0 Å². The molecule has 0 fully saturated rings. The SMILES string of the molecule is CCCCOCCOc1ccc(Cl)c(CCl)n1. The van der Waals surface area contributed by atoms with E-state index in [-0.39, 0.29) is 5.88 Å². The average Bonchev–Trinajstić information content (AvgIpc) is 2.35. The number of nitrogens with zero attached hydrogens (tertiary/aromatic N) is 1. The number of halogens is 2. The van der Waals surface area contributed by atoms with Crippen LogP contribution in [0.1, 0.15) is 25.5 Å². The first-order valence-corrected chi connectivity index (χ1v) is 6.61. The van der Waals surface area contributed by atoms with Crippen LogP contribution in [0.25, 0.3) is 0 Å². The molecule has 0 unspecified atom stereocenters. The zero-order valence-electron chi connectivity index (χ0n) is 9.92. The van der Waals surface area contributed by atoms with Crippen LogP contribution in [0.15, 0.2) is 12.1 Å². The highest BCUT2D eigenvalue weighted by Gasteiger charge is 2.03. The molecule has 0 N–H and O–H groups in total. The van der Waals surface area contributed by atoms with Crippen molar-refractivity contribution in [2.24, 2.45) is 0 Å². The van der Waals surface area contributed by atoms with Crippen molar-refractivity contribution in [3.63, 3.8) is 0 Å². The molecule has 0 saturated carbocycles. The van der Waals surface area contributed by atoms with Crippen molar-refractivity contribution in [3.8, 4) is 5.88 Å². The molecule has 17 heavy (non-hydrogen) atoms. The summed E-state index contributed by atoms with van der Waals surface area (Å²) in [7, 11) is 0. The summed E-state index contributed by atoms with van der Waals surface area (Å²) < 4.78 is 10.8. The van der Waals surface area contributed by atoms with Gasteiger partial charge in [0.15, 0.2) is 0 Å². The van der Waals surface area contributed by atoms with E-state index >= 15 is 0 Å². The quantitative estimate of drug-likeness (QED) is 0.537. The first kappa shape index (κ1) is 14.6. The van der Waals surface area contributed by atoms with Gasteiger partial charge in [0, 0.05) is 12.7 Å². The highest BCUT2D eigenvalue weighted by molar-refractivity contribution is 6.32. The van der Waals surface area contributed by atoms with Crippen LogP contribution in [-0.2, 0) is 10.6 Å². The minimum absolute atomic E-state index is 0.281. The van der Waals surface area contributed by atoms with E-state index in [1.54, 1.807) is 12.1 Å². The molecule has 0 atom stereocenters. The van der Waals surface area contributed by atoms with Gasteiger partial charge in [0.2, 0.25) is 5.88 Å². The molecule has 3 nitrogen and oxygen atoms in total. The Balaban J connectivity index is 2.27. The van der Waals surface area contributed by atoms with Crippen LogP contribution in [0.5, 0.6) is 5.88 Å². The maximum absolute atomic E-state index is 5.89. The highest BCUT2D eigenvalue weighted by atomic mass is 35.5. The van der Waals surface area contributed by atoms with Crippen molar-refractivity contribution in [1.82, 2.24) is 4.98 Å². The lowest BCUT2D eigenvalue weighted by Gasteiger charge is -2.07. The minimum Gasteiger partial charge on any atom is -0.475 e.